The van der Waals surface area contributed by atoms with Gasteiger partial charge in [-0.2, -0.15) is 5.10 Å². The molecule has 156 valence electrons. The Kier molecular flexibility index (Phi) is 3.95. The van der Waals surface area contributed by atoms with Crippen molar-refractivity contribution in [3.63, 3.8) is 0 Å². The Bertz CT molecular complexity index is 1130. The number of anilines is 1. The highest BCUT2D eigenvalue weighted by Crippen LogP contribution is 2.50. The number of β-amino-alcohol motifs (C(OH)–C–C–N with tert-alkyl or cyclic N) is 1. The zero-order valence-electron chi connectivity index (χ0n) is 17.6. The Hall–Kier alpha value is -2.51. The van der Waals surface area contributed by atoms with Gasteiger partial charge in [0, 0.05) is 30.5 Å². The summed E-state index contributed by atoms with van der Waals surface area (Å²) in [5.41, 5.74) is 3.37. The van der Waals surface area contributed by atoms with Crippen molar-refractivity contribution in [1.29, 1.82) is 0 Å². The van der Waals surface area contributed by atoms with Crippen LogP contribution in [0.3, 0.4) is 0 Å². The molecule has 7 heteroatoms. The van der Waals surface area contributed by atoms with E-state index < -0.39 is 5.60 Å². The number of aliphatic hydroxyl groups is 1. The molecule has 2 aliphatic heterocycles. The molecule has 0 spiro atoms. The number of nitrogens with zero attached hydrogens (tertiary/aromatic N) is 5. The van der Waals surface area contributed by atoms with Gasteiger partial charge in [-0.3, -0.25) is 0 Å². The average Bonchev–Trinajstić information content (AvgIpc) is 3.06. The fourth-order valence-corrected chi connectivity index (χ4v) is 5.40. The first kappa shape index (κ1) is 18.3. The maximum absolute atomic E-state index is 10.4. The molecule has 0 amide bonds. The van der Waals surface area contributed by atoms with Crippen molar-refractivity contribution in [2.75, 3.05) is 31.1 Å². The van der Waals surface area contributed by atoms with Gasteiger partial charge in [0.05, 0.1) is 17.3 Å². The molecule has 2 unspecified atom stereocenters. The first-order valence-corrected chi connectivity index (χ1v) is 11.0. The summed E-state index contributed by atoms with van der Waals surface area (Å²) in [7, 11) is 0. The van der Waals surface area contributed by atoms with Crippen LogP contribution in [0.4, 0.5) is 5.82 Å². The summed E-state index contributed by atoms with van der Waals surface area (Å²) in [4.78, 5) is 11.5. The molecule has 2 atom stereocenters. The second kappa shape index (κ2) is 6.49. The van der Waals surface area contributed by atoms with Crippen LogP contribution in [0.1, 0.15) is 42.1 Å². The van der Waals surface area contributed by atoms with Gasteiger partial charge >= 0.3 is 0 Å². The van der Waals surface area contributed by atoms with E-state index in [9.17, 15) is 5.11 Å². The van der Waals surface area contributed by atoms with Crippen LogP contribution in [0.15, 0.2) is 24.4 Å². The molecule has 30 heavy (non-hydrogen) atoms. The molecule has 1 aliphatic carbocycles. The highest BCUT2D eigenvalue weighted by atomic mass is 16.3. The van der Waals surface area contributed by atoms with Gasteiger partial charge < -0.3 is 15.3 Å². The van der Waals surface area contributed by atoms with Crippen molar-refractivity contribution >= 4 is 16.7 Å². The monoisotopic (exact) mass is 404 g/mol. The van der Waals surface area contributed by atoms with Crippen LogP contribution >= 0.6 is 0 Å². The third-order valence-corrected chi connectivity index (χ3v) is 7.19. The topological polar surface area (TPSA) is 79.1 Å². The van der Waals surface area contributed by atoms with Crippen LogP contribution in [0.25, 0.3) is 16.7 Å². The first-order chi connectivity index (χ1) is 14.5. The normalized spacial score (nSPS) is 26.4. The molecule has 7 nitrogen and oxygen atoms in total. The Morgan fingerprint density at radius 2 is 1.90 bits per heavy atom. The maximum Gasteiger partial charge on any atom is 0.159 e. The van der Waals surface area contributed by atoms with Crippen molar-refractivity contribution in [3.05, 3.63) is 41.3 Å². The smallest absolute Gasteiger partial charge is 0.159 e. The molecule has 2 saturated heterocycles. The Labute approximate surface area is 176 Å². The largest absolute Gasteiger partial charge is 0.388 e. The van der Waals surface area contributed by atoms with Gasteiger partial charge in [0.2, 0.25) is 0 Å². The summed E-state index contributed by atoms with van der Waals surface area (Å²) in [5, 5.41) is 19.7. The zero-order valence-corrected chi connectivity index (χ0v) is 17.6. The second-order valence-corrected chi connectivity index (χ2v) is 9.36. The molecule has 3 aromatic rings. The SMILES string of the molecule is Cc1nc(N2CC3CC3(O)C2)cc(-n2ncc3cc(C)c(C4CCNCC4)cc32)n1. The number of rotatable bonds is 3. The summed E-state index contributed by atoms with van der Waals surface area (Å²) in [6.45, 7) is 7.83. The lowest BCUT2D eigenvalue weighted by Crippen LogP contribution is -2.28. The number of hydrogen-bond donors (Lipinski definition) is 2. The predicted molar refractivity (Wildman–Crippen MR) is 116 cm³/mol. The fourth-order valence-electron chi connectivity index (χ4n) is 5.40. The number of aryl methyl sites for hydroxylation is 2. The van der Waals surface area contributed by atoms with Crippen molar-refractivity contribution in [3.8, 4) is 5.82 Å². The summed E-state index contributed by atoms with van der Waals surface area (Å²) in [6, 6.07) is 6.59. The van der Waals surface area contributed by atoms with E-state index >= 15 is 0 Å². The van der Waals surface area contributed by atoms with Crippen molar-refractivity contribution < 1.29 is 5.11 Å². The van der Waals surface area contributed by atoms with E-state index in [1.54, 1.807) is 0 Å². The maximum atomic E-state index is 10.4. The van der Waals surface area contributed by atoms with E-state index in [2.05, 4.69) is 39.4 Å². The third-order valence-electron chi connectivity index (χ3n) is 7.19. The molecule has 3 fully saturated rings. The molecule has 2 aromatic heterocycles. The number of fused-ring (bicyclic) bond motifs is 2. The molecule has 4 heterocycles. The minimum Gasteiger partial charge on any atom is -0.388 e. The van der Waals surface area contributed by atoms with Gasteiger partial charge in [-0.05, 0) is 75.4 Å². The Morgan fingerprint density at radius 3 is 2.67 bits per heavy atom. The fraction of sp³-hybridized carbons (Fsp3) is 0.522. The average molecular weight is 405 g/mol. The van der Waals surface area contributed by atoms with E-state index in [0.29, 0.717) is 18.4 Å². The van der Waals surface area contributed by atoms with Gasteiger partial charge in [0.25, 0.3) is 0 Å². The van der Waals surface area contributed by atoms with Crippen molar-refractivity contribution in [2.24, 2.45) is 5.92 Å². The summed E-state index contributed by atoms with van der Waals surface area (Å²) < 4.78 is 1.95. The number of piperidine rings is 2. The number of nitrogens with one attached hydrogen (secondary N) is 1. The van der Waals surface area contributed by atoms with E-state index in [1.165, 1.54) is 24.0 Å². The number of hydrogen-bond acceptors (Lipinski definition) is 6. The number of aromatic nitrogens is 4. The van der Waals surface area contributed by atoms with Crippen LogP contribution in [0.5, 0.6) is 0 Å². The third kappa shape index (κ3) is 2.91. The molecular weight excluding hydrogens is 376 g/mol. The highest BCUT2D eigenvalue weighted by Gasteiger charge is 2.59. The molecular formula is C23H28N6O. The van der Waals surface area contributed by atoms with Crippen molar-refractivity contribution in [1.82, 2.24) is 25.1 Å². The molecule has 2 N–H and O–H groups in total. The van der Waals surface area contributed by atoms with E-state index in [1.807, 2.05) is 23.9 Å². The second-order valence-electron chi connectivity index (χ2n) is 9.36. The van der Waals surface area contributed by atoms with Gasteiger partial charge in [-0.25, -0.2) is 14.6 Å². The van der Waals surface area contributed by atoms with E-state index in [4.69, 9.17) is 4.98 Å². The molecule has 3 aliphatic rings. The summed E-state index contributed by atoms with van der Waals surface area (Å²) >= 11 is 0. The van der Waals surface area contributed by atoms with Crippen LogP contribution in [0, 0.1) is 19.8 Å². The lowest BCUT2D eigenvalue weighted by Gasteiger charge is -2.24. The standard InChI is InChI=1S/C23H28N6O/c1-14-7-17-11-25-29(20(17)8-19(14)16-3-5-24-6-4-16)22-9-21(26-15(2)27-22)28-12-18-10-23(18,30)13-28/h7-9,11,16,18,24,30H,3-6,10,12-13H2,1-2H3. The lowest BCUT2D eigenvalue weighted by molar-refractivity contribution is 0.158. The van der Waals surface area contributed by atoms with Gasteiger partial charge in [-0.1, -0.05) is 0 Å². The molecule has 0 radical (unpaired) electrons. The molecule has 6 rings (SSSR count). The molecule has 0 bridgehead atoms. The van der Waals surface area contributed by atoms with Crippen LogP contribution in [0.2, 0.25) is 0 Å². The van der Waals surface area contributed by atoms with E-state index in [-0.39, 0.29) is 0 Å². The molecule has 1 saturated carbocycles. The Balaban J connectivity index is 1.40. The number of benzene rings is 1. The van der Waals surface area contributed by atoms with Crippen LogP contribution in [-0.4, -0.2) is 56.6 Å². The quantitative estimate of drug-likeness (QED) is 0.698. The van der Waals surface area contributed by atoms with Gasteiger partial charge in [0.1, 0.15) is 11.6 Å². The van der Waals surface area contributed by atoms with Crippen LogP contribution < -0.4 is 10.2 Å². The van der Waals surface area contributed by atoms with E-state index in [0.717, 1.165) is 54.4 Å². The summed E-state index contributed by atoms with van der Waals surface area (Å²) in [6.07, 6.45) is 5.20. The summed E-state index contributed by atoms with van der Waals surface area (Å²) in [5.74, 6) is 3.38. The predicted octanol–water partition coefficient (Wildman–Crippen LogP) is 2.47. The first-order valence-electron chi connectivity index (χ1n) is 11.0. The Morgan fingerprint density at radius 1 is 1.10 bits per heavy atom. The minimum atomic E-state index is -0.501. The highest BCUT2D eigenvalue weighted by molar-refractivity contribution is 5.82. The molecule has 1 aromatic carbocycles. The van der Waals surface area contributed by atoms with Gasteiger partial charge in [0.15, 0.2) is 5.82 Å². The van der Waals surface area contributed by atoms with Crippen LogP contribution in [-0.2, 0) is 0 Å². The lowest BCUT2D eigenvalue weighted by atomic mass is 9.87. The van der Waals surface area contributed by atoms with Gasteiger partial charge in [-0.15, -0.1) is 0 Å². The van der Waals surface area contributed by atoms with Crippen molar-refractivity contribution in [2.45, 2.75) is 44.6 Å². The zero-order chi connectivity index (χ0) is 20.5. The minimum absolute atomic E-state index is 0.386.